The van der Waals surface area contributed by atoms with Crippen LogP contribution in [0.3, 0.4) is 0 Å². The van der Waals surface area contributed by atoms with E-state index in [1.54, 1.807) is 12.1 Å². The fraction of sp³-hybridized carbons (Fsp3) is 0.458. The van der Waals surface area contributed by atoms with Gasteiger partial charge in [-0.05, 0) is 88.0 Å². The number of aryl methyl sites for hydroxylation is 1. The molecule has 4 rings (SSSR count). The zero-order valence-electron chi connectivity index (χ0n) is 17.8. The number of anilines is 2. The van der Waals surface area contributed by atoms with Crippen LogP contribution in [0.1, 0.15) is 48.3 Å². The highest BCUT2D eigenvalue weighted by atomic mass is 19.1. The van der Waals surface area contributed by atoms with Crippen LogP contribution in [0.15, 0.2) is 30.3 Å². The second kappa shape index (κ2) is 8.34. The molecular formula is C24H29F2N3O. The first kappa shape index (κ1) is 20.8. The molecule has 1 fully saturated rings. The van der Waals surface area contributed by atoms with Crippen molar-refractivity contribution in [3.05, 3.63) is 58.7 Å². The summed E-state index contributed by atoms with van der Waals surface area (Å²) in [6.45, 7) is 1.88. The molecule has 6 heteroatoms. The molecule has 1 unspecified atom stereocenters. The van der Waals surface area contributed by atoms with Crippen LogP contribution < -0.4 is 10.6 Å². The molecule has 0 saturated heterocycles. The van der Waals surface area contributed by atoms with Crippen molar-refractivity contribution >= 4 is 17.3 Å². The Labute approximate surface area is 176 Å². The largest absolute Gasteiger partial charge is 0.373 e. The van der Waals surface area contributed by atoms with E-state index in [-0.39, 0.29) is 24.0 Å². The minimum atomic E-state index is -0.571. The maximum atomic E-state index is 14.3. The summed E-state index contributed by atoms with van der Waals surface area (Å²) in [5.41, 5.74) is 3.52. The smallest absolute Gasteiger partial charge is 0.247 e. The number of fused-ring (bicyclic) bond motifs is 1. The minimum absolute atomic E-state index is 0.280. The SMILES string of the molecule is Cc1ccc(F)c2c1NC(C(=O)Nc1cc(F)cc([C@H]3CC[C@H](N(C)C)CC3)c1)C2. The predicted octanol–water partition coefficient (Wildman–Crippen LogP) is 4.84. The summed E-state index contributed by atoms with van der Waals surface area (Å²) >= 11 is 0. The average Bonchev–Trinajstić information content (AvgIpc) is 3.17. The number of carbonyl (C=O) groups is 1. The molecule has 0 spiro atoms. The van der Waals surface area contributed by atoms with E-state index in [9.17, 15) is 13.6 Å². The number of hydrogen-bond donors (Lipinski definition) is 2. The molecule has 1 heterocycles. The monoisotopic (exact) mass is 413 g/mol. The van der Waals surface area contributed by atoms with E-state index in [0.717, 1.165) is 36.8 Å². The van der Waals surface area contributed by atoms with Gasteiger partial charge in [-0.25, -0.2) is 8.78 Å². The van der Waals surface area contributed by atoms with Gasteiger partial charge in [0.2, 0.25) is 5.91 Å². The second-order valence-electron chi connectivity index (χ2n) is 8.85. The standard InChI is InChI=1S/C24H29F2N3O/c1-14-4-9-21(26)20-13-22(28-23(14)20)24(30)27-18-11-16(10-17(25)12-18)15-5-7-19(8-6-15)29(2)3/h4,9-12,15,19,22,28H,5-8,13H2,1-3H3,(H,27,30)/t15-,19-,22?. The van der Waals surface area contributed by atoms with Crippen molar-refractivity contribution in [2.45, 2.75) is 57.0 Å². The number of nitrogens with one attached hydrogen (secondary N) is 2. The summed E-state index contributed by atoms with van der Waals surface area (Å²) in [6, 6.07) is 7.95. The van der Waals surface area contributed by atoms with E-state index in [2.05, 4.69) is 29.6 Å². The van der Waals surface area contributed by atoms with Gasteiger partial charge in [-0.2, -0.15) is 0 Å². The molecule has 1 aliphatic heterocycles. The van der Waals surface area contributed by atoms with Crippen LogP contribution in [-0.4, -0.2) is 37.0 Å². The normalized spacial score (nSPS) is 23.2. The summed E-state index contributed by atoms with van der Waals surface area (Å²) in [7, 11) is 4.20. The number of rotatable bonds is 4. The third-order valence-corrected chi connectivity index (χ3v) is 6.59. The van der Waals surface area contributed by atoms with Gasteiger partial charge in [0.1, 0.15) is 17.7 Å². The predicted molar refractivity (Wildman–Crippen MR) is 116 cm³/mol. The fourth-order valence-electron chi connectivity index (χ4n) is 4.80. The Balaban J connectivity index is 1.45. The van der Waals surface area contributed by atoms with E-state index >= 15 is 0 Å². The first-order chi connectivity index (χ1) is 14.3. The quantitative estimate of drug-likeness (QED) is 0.754. The van der Waals surface area contributed by atoms with E-state index < -0.39 is 6.04 Å². The lowest BCUT2D eigenvalue weighted by atomic mass is 9.81. The lowest BCUT2D eigenvalue weighted by Crippen LogP contribution is -2.33. The van der Waals surface area contributed by atoms with Crippen molar-refractivity contribution in [2.75, 3.05) is 24.7 Å². The molecule has 4 nitrogen and oxygen atoms in total. The molecule has 1 atom stereocenters. The van der Waals surface area contributed by atoms with Crippen LogP contribution in [0.25, 0.3) is 0 Å². The fourth-order valence-corrected chi connectivity index (χ4v) is 4.80. The van der Waals surface area contributed by atoms with Gasteiger partial charge in [0.05, 0.1) is 0 Å². The van der Waals surface area contributed by atoms with Crippen molar-refractivity contribution in [2.24, 2.45) is 0 Å². The topological polar surface area (TPSA) is 44.4 Å². The second-order valence-corrected chi connectivity index (χ2v) is 8.85. The van der Waals surface area contributed by atoms with Crippen molar-refractivity contribution in [1.29, 1.82) is 0 Å². The molecule has 30 heavy (non-hydrogen) atoms. The van der Waals surface area contributed by atoms with Gasteiger partial charge in [-0.3, -0.25) is 4.79 Å². The van der Waals surface area contributed by atoms with Gasteiger partial charge in [-0.15, -0.1) is 0 Å². The molecule has 1 saturated carbocycles. The molecule has 2 aliphatic rings. The Morgan fingerprint density at radius 1 is 1.10 bits per heavy atom. The Morgan fingerprint density at radius 2 is 1.83 bits per heavy atom. The van der Waals surface area contributed by atoms with E-state index in [1.165, 1.54) is 12.1 Å². The minimum Gasteiger partial charge on any atom is -0.373 e. The summed E-state index contributed by atoms with van der Waals surface area (Å²) in [5, 5.41) is 5.95. The van der Waals surface area contributed by atoms with Crippen molar-refractivity contribution < 1.29 is 13.6 Å². The summed E-state index contributed by atoms with van der Waals surface area (Å²) in [4.78, 5) is 15.1. The number of nitrogens with zero attached hydrogens (tertiary/aromatic N) is 1. The first-order valence-corrected chi connectivity index (χ1v) is 10.6. The first-order valence-electron chi connectivity index (χ1n) is 10.6. The highest BCUT2D eigenvalue weighted by Gasteiger charge is 2.30. The summed E-state index contributed by atoms with van der Waals surface area (Å²) in [6.07, 6.45) is 4.48. The average molecular weight is 414 g/mol. The van der Waals surface area contributed by atoms with Crippen LogP contribution in [0.5, 0.6) is 0 Å². The maximum absolute atomic E-state index is 14.3. The summed E-state index contributed by atoms with van der Waals surface area (Å²) in [5.74, 6) is -0.627. The lowest BCUT2D eigenvalue weighted by molar-refractivity contribution is -0.116. The van der Waals surface area contributed by atoms with Crippen molar-refractivity contribution in [3.8, 4) is 0 Å². The number of hydrogen-bond acceptors (Lipinski definition) is 3. The number of halogens is 2. The Hall–Kier alpha value is -2.47. The molecule has 0 bridgehead atoms. The third kappa shape index (κ3) is 4.19. The van der Waals surface area contributed by atoms with Gasteiger partial charge in [-0.1, -0.05) is 6.07 Å². The van der Waals surface area contributed by atoms with Crippen molar-refractivity contribution in [3.63, 3.8) is 0 Å². The molecule has 1 aliphatic carbocycles. The van der Waals surface area contributed by atoms with Gasteiger partial charge in [0.25, 0.3) is 0 Å². The molecule has 160 valence electrons. The van der Waals surface area contributed by atoms with Crippen LogP contribution in [0.4, 0.5) is 20.2 Å². The highest BCUT2D eigenvalue weighted by molar-refractivity contribution is 5.98. The molecule has 2 aromatic carbocycles. The third-order valence-electron chi connectivity index (χ3n) is 6.59. The Bertz CT molecular complexity index is 921. The van der Waals surface area contributed by atoms with Gasteiger partial charge >= 0.3 is 0 Å². The molecule has 0 radical (unpaired) electrons. The Kier molecular flexibility index (Phi) is 5.78. The molecular weight excluding hydrogens is 384 g/mol. The van der Waals surface area contributed by atoms with Crippen LogP contribution in [-0.2, 0) is 11.2 Å². The molecule has 0 aromatic heterocycles. The van der Waals surface area contributed by atoms with Gasteiger partial charge < -0.3 is 15.5 Å². The van der Waals surface area contributed by atoms with Crippen LogP contribution >= 0.6 is 0 Å². The van der Waals surface area contributed by atoms with Crippen LogP contribution in [0.2, 0.25) is 0 Å². The summed E-state index contributed by atoms with van der Waals surface area (Å²) < 4.78 is 28.4. The number of amides is 1. The highest BCUT2D eigenvalue weighted by Crippen LogP contribution is 2.36. The van der Waals surface area contributed by atoms with E-state index in [0.29, 0.717) is 28.9 Å². The zero-order valence-corrected chi connectivity index (χ0v) is 17.8. The number of carbonyl (C=O) groups excluding carboxylic acids is 1. The van der Waals surface area contributed by atoms with Crippen LogP contribution in [0, 0.1) is 18.6 Å². The lowest BCUT2D eigenvalue weighted by Gasteiger charge is -2.33. The Morgan fingerprint density at radius 3 is 2.50 bits per heavy atom. The molecule has 2 N–H and O–H groups in total. The van der Waals surface area contributed by atoms with Gasteiger partial charge in [0.15, 0.2) is 0 Å². The van der Waals surface area contributed by atoms with Gasteiger partial charge in [0, 0.05) is 29.4 Å². The zero-order chi connectivity index (χ0) is 21.4. The maximum Gasteiger partial charge on any atom is 0.247 e. The molecule has 2 aromatic rings. The van der Waals surface area contributed by atoms with Crippen molar-refractivity contribution in [1.82, 2.24) is 4.90 Å². The molecule has 1 amide bonds. The van der Waals surface area contributed by atoms with E-state index in [1.807, 2.05) is 13.0 Å². The van der Waals surface area contributed by atoms with E-state index in [4.69, 9.17) is 0 Å². The number of benzene rings is 2.